The number of hydrogen-bond acceptors (Lipinski definition) is 2. The van der Waals surface area contributed by atoms with Crippen molar-refractivity contribution in [3.8, 4) is 0 Å². The van der Waals surface area contributed by atoms with E-state index in [-0.39, 0.29) is 28.8 Å². The predicted octanol–water partition coefficient (Wildman–Crippen LogP) is 4.52. The second-order valence-electron chi connectivity index (χ2n) is 4.21. The Morgan fingerprint density at radius 1 is 1.15 bits per heavy atom. The average Bonchev–Trinajstić information content (AvgIpc) is 2.41. The van der Waals surface area contributed by atoms with Gasteiger partial charge < -0.3 is 0 Å². The van der Waals surface area contributed by atoms with Gasteiger partial charge in [0.25, 0.3) is 0 Å². The molecule has 0 saturated carbocycles. The molecule has 2 rings (SSSR count). The zero-order valence-corrected chi connectivity index (χ0v) is 12.0. The Labute approximate surface area is 125 Å². The summed E-state index contributed by atoms with van der Waals surface area (Å²) < 4.78 is 26.0. The molecule has 0 aliphatic carbocycles. The van der Waals surface area contributed by atoms with Gasteiger partial charge in [-0.25, -0.2) is 8.78 Å². The Morgan fingerprint density at radius 2 is 1.95 bits per heavy atom. The molecule has 0 unspecified atom stereocenters. The van der Waals surface area contributed by atoms with Gasteiger partial charge in [0.15, 0.2) is 0 Å². The number of rotatable bonds is 5. The number of Topliss-reactive ketones (excluding diaryl/α,β-unsaturated/α-hetero) is 1. The van der Waals surface area contributed by atoms with Crippen LogP contribution in [0.2, 0.25) is 5.02 Å². The van der Waals surface area contributed by atoms with Crippen LogP contribution in [0.1, 0.15) is 5.56 Å². The van der Waals surface area contributed by atoms with Gasteiger partial charge in [0.05, 0.1) is 10.8 Å². The predicted molar refractivity (Wildman–Crippen MR) is 77.2 cm³/mol. The van der Waals surface area contributed by atoms with Crippen molar-refractivity contribution in [1.82, 2.24) is 0 Å². The third-order valence-corrected chi connectivity index (χ3v) is 3.92. The molecule has 0 spiro atoms. The molecule has 0 atom stereocenters. The molecule has 0 aliphatic heterocycles. The monoisotopic (exact) mass is 312 g/mol. The van der Waals surface area contributed by atoms with Gasteiger partial charge >= 0.3 is 0 Å². The lowest BCUT2D eigenvalue weighted by atomic mass is 10.1. The zero-order valence-electron chi connectivity index (χ0n) is 10.4. The summed E-state index contributed by atoms with van der Waals surface area (Å²) in [6.45, 7) is 0. The molecule has 0 aliphatic rings. The summed E-state index contributed by atoms with van der Waals surface area (Å²) in [5.74, 6) is -0.620. The minimum Gasteiger partial charge on any atom is -0.298 e. The van der Waals surface area contributed by atoms with Gasteiger partial charge in [0.1, 0.15) is 17.4 Å². The molecular formula is C15H11ClF2OS. The lowest BCUT2D eigenvalue weighted by Gasteiger charge is -2.03. The van der Waals surface area contributed by atoms with E-state index in [1.165, 1.54) is 42.1 Å². The lowest BCUT2D eigenvalue weighted by molar-refractivity contribution is -0.116. The van der Waals surface area contributed by atoms with Crippen molar-refractivity contribution in [2.45, 2.75) is 11.3 Å². The summed E-state index contributed by atoms with van der Waals surface area (Å²) in [4.78, 5) is 12.5. The maximum absolute atomic E-state index is 13.0. The van der Waals surface area contributed by atoms with Crippen molar-refractivity contribution in [2.24, 2.45) is 0 Å². The minimum atomic E-state index is -0.503. The van der Waals surface area contributed by atoms with Crippen LogP contribution in [0.4, 0.5) is 8.78 Å². The number of ketones is 1. The van der Waals surface area contributed by atoms with E-state index in [1.807, 2.05) is 0 Å². The summed E-state index contributed by atoms with van der Waals surface area (Å²) in [5.41, 5.74) is 0.668. The van der Waals surface area contributed by atoms with Crippen LogP contribution in [0, 0.1) is 11.6 Å². The fourth-order valence-corrected chi connectivity index (χ4v) is 2.65. The third-order valence-electron chi connectivity index (χ3n) is 2.58. The number of benzene rings is 2. The van der Waals surface area contributed by atoms with Crippen LogP contribution in [0.3, 0.4) is 0 Å². The van der Waals surface area contributed by atoms with Crippen LogP contribution in [0.5, 0.6) is 0 Å². The Hall–Kier alpha value is -1.39. The molecule has 0 saturated heterocycles. The largest absolute Gasteiger partial charge is 0.298 e. The zero-order chi connectivity index (χ0) is 14.5. The van der Waals surface area contributed by atoms with Crippen molar-refractivity contribution in [1.29, 1.82) is 0 Å². The first-order valence-corrected chi connectivity index (χ1v) is 7.25. The van der Waals surface area contributed by atoms with Gasteiger partial charge in [-0.05, 0) is 35.9 Å². The first-order valence-electron chi connectivity index (χ1n) is 5.88. The van der Waals surface area contributed by atoms with Crippen LogP contribution in [0.15, 0.2) is 47.4 Å². The highest BCUT2D eigenvalue weighted by Crippen LogP contribution is 2.20. The van der Waals surface area contributed by atoms with Gasteiger partial charge in [-0.1, -0.05) is 23.7 Å². The van der Waals surface area contributed by atoms with Gasteiger partial charge in [0, 0.05) is 11.3 Å². The molecule has 0 aromatic heterocycles. The smallest absolute Gasteiger partial charge is 0.147 e. The van der Waals surface area contributed by atoms with Crippen LogP contribution in [0.25, 0.3) is 0 Å². The highest BCUT2D eigenvalue weighted by molar-refractivity contribution is 8.00. The van der Waals surface area contributed by atoms with Gasteiger partial charge in [-0.2, -0.15) is 0 Å². The number of halogens is 3. The van der Waals surface area contributed by atoms with Gasteiger partial charge in [-0.3, -0.25) is 4.79 Å². The SMILES string of the molecule is O=C(CSc1cccc(F)c1)Cc1ccc(F)c(Cl)c1. The Bertz CT molecular complexity index is 631. The molecule has 0 N–H and O–H groups in total. The first kappa shape index (κ1) is 15.0. The van der Waals surface area contributed by atoms with Crippen LogP contribution in [-0.2, 0) is 11.2 Å². The van der Waals surface area contributed by atoms with Crippen LogP contribution >= 0.6 is 23.4 Å². The fourth-order valence-electron chi connectivity index (χ4n) is 1.65. The third kappa shape index (κ3) is 4.32. The van der Waals surface area contributed by atoms with E-state index >= 15 is 0 Å². The molecule has 0 heterocycles. The van der Waals surface area contributed by atoms with Crippen molar-refractivity contribution >= 4 is 29.1 Å². The van der Waals surface area contributed by atoms with Gasteiger partial charge in [-0.15, -0.1) is 11.8 Å². The van der Waals surface area contributed by atoms with E-state index in [0.29, 0.717) is 10.5 Å². The van der Waals surface area contributed by atoms with E-state index in [9.17, 15) is 13.6 Å². The molecule has 1 nitrogen and oxygen atoms in total. The number of hydrogen-bond donors (Lipinski definition) is 0. The maximum Gasteiger partial charge on any atom is 0.147 e. The Morgan fingerprint density at radius 3 is 2.65 bits per heavy atom. The Kier molecular flexibility index (Phi) is 5.15. The molecule has 2 aromatic carbocycles. The number of carbonyl (C=O) groups excluding carboxylic acids is 1. The highest BCUT2D eigenvalue weighted by atomic mass is 35.5. The van der Waals surface area contributed by atoms with E-state index in [2.05, 4.69) is 0 Å². The lowest BCUT2D eigenvalue weighted by Crippen LogP contribution is -2.05. The molecular weight excluding hydrogens is 302 g/mol. The van der Waals surface area contributed by atoms with Crippen molar-refractivity contribution in [3.05, 3.63) is 64.7 Å². The normalized spacial score (nSPS) is 10.6. The standard InChI is InChI=1S/C15H11ClF2OS/c16-14-7-10(4-5-15(14)18)6-12(19)9-20-13-3-1-2-11(17)8-13/h1-5,7-8H,6,9H2. The molecule has 20 heavy (non-hydrogen) atoms. The molecule has 2 aromatic rings. The second-order valence-corrected chi connectivity index (χ2v) is 5.67. The molecule has 0 radical (unpaired) electrons. The topological polar surface area (TPSA) is 17.1 Å². The molecule has 0 fully saturated rings. The molecule has 104 valence electrons. The molecule has 0 bridgehead atoms. The molecule has 5 heteroatoms. The van der Waals surface area contributed by atoms with Crippen LogP contribution in [-0.4, -0.2) is 11.5 Å². The van der Waals surface area contributed by atoms with E-state index in [4.69, 9.17) is 11.6 Å². The summed E-state index contributed by atoms with van der Waals surface area (Å²) in [6, 6.07) is 10.3. The highest BCUT2D eigenvalue weighted by Gasteiger charge is 2.07. The summed E-state index contributed by atoms with van der Waals surface area (Å²) in [7, 11) is 0. The average molecular weight is 313 g/mol. The summed E-state index contributed by atoms with van der Waals surface area (Å²) in [5, 5.41) is 0.00748. The quantitative estimate of drug-likeness (QED) is 0.755. The molecule has 0 amide bonds. The number of thioether (sulfide) groups is 1. The van der Waals surface area contributed by atoms with Crippen molar-refractivity contribution in [3.63, 3.8) is 0 Å². The van der Waals surface area contributed by atoms with E-state index in [1.54, 1.807) is 12.1 Å². The van der Waals surface area contributed by atoms with Crippen LogP contribution < -0.4 is 0 Å². The summed E-state index contributed by atoms with van der Waals surface area (Å²) >= 11 is 6.93. The van der Waals surface area contributed by atoms with Crippen molar-refractivity contribution in [2.75, 3.05) is 5.75 Å². The fraction of sp³-hybridized carbons (Fsp3) is 0.133. The summed E-state index contributed by atoms with van der Waals surface area (Å²) in [6.07, 6.45) is 0.183. The van der Waals surface area contributed by atoms with E-state index in [0.717, 1.165) is 0 Å². The van der Waals surface area contributed by atoms with E-state index < -0.39 is 5.82 Å². The first-order chi connectivity index (χ1) is 9.54. The van der Waals surface area contributed by atoms with Gasteiger partial charge in [0.2, 0.25) is 0 Å². The Balaban J connectivity index is 1.91. The second kappa shape index (κ2) is 6.86. The maximum atomic E-state index is 13.0. The van der Waals surface area contributed by atoms with Crippen molar-refractivity contribution < 1.29 is 13.6 Å². The number of carbonyl (C=O) groups is 1. The minimum absolute atomic E-state index is 0.00748.